The molecule has 0 aliphatic carbocycles. The molecule has 1 aliphatic rings. The van der Waals surface area contributed by atoms with Crippen LogP contribution in [0.4, 0.5) is 17.6 Å². The van der Waals surface area contributed by atoms with Crippen molar-refractivity contribution in [3.05, 3.63) is 29.1 Å². The van der Waals surface area contributed by atoms with Gasteiger partial charge in [-0.05, 0) is 37.5 Å². The fourth-order valence-electron chi connectivity index (χ4n) is 3.51. The molecule has 3 N–H and O–H groups in total. The summed E-state index contributed by atoms with van der Waals surface area (Å²) in [6.07, 6.45) is -3.76. The molecule has 1 aromatic heterocycles. The lowest BCUT2D eigenvalue weighted by Gasteiger charge is -2.25. The number of hydrogen-bond donors (Lipinski definition) is 2. The van der Waals surface area contributed by atoms with Crippen molar-refractivity contribution in [2.45, 2.75) is 37.0 Å². The lowest BCUT2D eigenvalue weighted by atomic mass is 10.0. The molecule has 0 bridgehead atoms. The molecule has 3 rings (SSSR count). The van der Waals surface area contributed by atoms with E-state index in [2.05, 4.69) is 15.0 Å². The number of nitrogens with zero attached hydrogens (tertiary/aromatic N) is 3. The van der Waals surface area contributed by atoms with Crippen molar-refractivity contribution in [2.75, 3.05) is 13.6 Å². The first-order chi connectivity index (χ1) is 13.5. The number of sulfonamides is 1. The molecule has 158 valence electrons. The first kappa shape index (κ1) is 21.2. The van der Waals surface area contributed by atoms with Crippen LogP contribution in [0.2, 0.25) is 0 Å². The van der Waals surface area contributed by atoms with Gasteiger partial charge in [0, 0.05) is 24.5 Å². The Balaban J connectivity index is 2.18. The average molecular weight is 433 g/mol. The number of benzene rings is 1. The second-order valence-electron chi connectivity index (χ2n) is 6.68. The predicted molar refractivity (Wildman–Crippen MR) is 101 cm³/mol. The van der Waals surface area contributed by atoms with Gasteiger partial charge in [-0.2, -0.15) is 17.5 Å². The van der Waals surface area contributed by atoms with Crippen LogP contribution in [-0.2, 0) is 10.0 Å². The number of nitrogens with one attached hydrogen (secondary N) is 1. The number of amidine groups is 1. The Morgan fingerprint density at radius 3 is 2.69 bits per heavy atom. The fraction of sp³-hybridized carbons (Fsp3) is 0.412. The summed E-state index contributed by atoms with van der Waals surface area (Å²) in [6.45, 7) is 1.29. The van der Waals surface area contributed by atoms with E-state index in [9.17, 15) is 26.0 Å². The Kier molecular flexibility index (Phi) is 5.43. The lowest BCUT2D eigenvalue weighted by molar-refractivity contribution is -0.165. The van der Waals surface area contributed by atoms with Gasteiger partial charge in [0.2, 0.25) is 0 Å². The first-order valence-electron chi connectivity index (χ1n) is 8.63. The molecule has 7 nitrogen and oxygen atoms in total. The lowest BCUT2D eigenvalue weighted by Crippen LogP contribution is -2.44. The SMILES string of the molecule is CN=CN=C(N)c1c(C)cc(F)c2[nH]c(S(=O)(=O)N3CCCC3C(F)(F)F)cc12. The molecule has 29 heavy (non-hydrogen) atoms. The van der Waals surface area contributed by atoms with E-state index in [-0.39, 0.29) is 41.7 Å². The number of aryl methyl sites for hydroxylation is 1. The smallest absolute Gasteiger partial charge is 0.383 e. The third kappa shape index (κ3) is 3.73. The van der Waals surface area contributed by atoms with E-state index in [4.69, 9.17) is 5.73 Å². The van der Waals surface area contributed by atoms with Crippen LogP contribution in [0.1, 0.15) is 24.0 Å². The Morgan fingerprint density at radius 1 is 1.38 bits per heavy atom. The molecule has 1 fully saturated rings. The molecule has 1 saturated heterocycles. The molecule has 1 aliphatic heterocycles. The molecule has 0 saturated carbocycles. The Hall–Kier alpha value is -2.47. The van der Waals surface area contributed by atoms with E-state index in [0.29, 0.717) is 9.87 Å². The van der Waals surface area contributed by atoms with Crippen molar-refractivity contribution < 1.29 is 26.0 Å². The van der Waals surface area contributed by atoms with Crippen LogP contribution in [0.3, 0.4) is 0 Å². The monoisotopic (exact) mass is 433 g/mol. The Labute approximate surface area is 164 Å². The topological polar surface area (TPSA) is 104 Å². The van der Waals surface area contributed by atoms with Gasteiger partial charge in [-0.3, -0.25) is 4.99 Å². The molecule has 1 atom stereocenters. The van der Waals surface area contributed by atoms with Gasteiger partial charge in [0.1, 0.15) is 29.1 Å². The number of rotatable bonds is 4. The van der Waals surface area contributed by atoms with E-state index < -0.39 is 33.1 Å². The maximum Gasteiger partial charge on any atom is 0.405 e. The van der Waals surface area contributed by atoms with Gasteiger partial charge in [-0.15, -0.1) is 0 Å². The molecular weight excluding hydrogens is 414 g/mol. The molecule has 12 heteroatoms. The summed E-state index contributed by atoms with van der Waals surface area (Å²) in [5.41, 5.74) is 6.41. The van der Waals surface area contributed by atoms with Crippen molar-refractivity contribution in [1.82, 2.24) is 9.29 Å². The third-order valence-electron chi connectivity index (χ3n) is 4.78. The number of fused-ring (bicyclic) bond motifs is 1. The second kappa shape index (κ2) is 7.41. The van der Waals surface area contributed by atoms with Gasteiger partial charge < -0.3 is 10.7 Å². The first-order valence-corrected chi connectivity index (χ1v) is 10.1. The molecule has 1 unspecified atom stereocenters. The second-order valence-corrected chi connectivity index (χ2v) is 8.53. The Bertz CT molecular complexity index is 1110. The van der Waals surface area contributed by atoms with Crippen LogP contribution < -0.4 is 5.73 Å². The maximum atomic E-state index is 14.5. The zero-order valence-electron chi connectivity index (χ0n) is 15.6. The minimum atomic E-state index is -4.70. The highest BCUT2D eigenvalue weighted by Gasteiger charge is 2.50. The van der Waals surface area contributed by atoms with E-state index in [1.807, 2.05) is 0 Å². The van der Waals surface area contributed by atoms with Gasteiger partial charge in [0.25, 0.3) is 10.0 Å². The van der Waals surface area contributed by atoms with E-state index in [1.54, 1.807) is 6.92 Å². The summed E-state index contributed by atoms with van der Waals surface area (Å²) in [4.78, 5) is 9.99. The largest absolute Gasteiger partial charge is 0.405 e. The summed E-state index contributed by atoms with van der Waals surface area (Å²) >= 11 is 0. The quantitative estimate of drug-likeness (QED) is 0.440. The van der Waals surface area contributed by atoms with Crippen molar-refractivity contribution in [1.29, 1.82) is 0 Å². The third-order valence-corrected chi connectivity index (χ3v) is 6.61. The molecular formula is C17H19F4N5O2S. The van der Waals surface area contributed by atoms with Gasteiger partial charge in [-0.25, -0.2) is 17.8 Å². The summed E-state index contributed by atoms with van der Waals surface area (Å²) in [5, 5.41) is -0.430. The van der Waals surface area contributed by atoms with Crippen LogP contribution in [0, 0.1) is 12.7 Å². The van der Waals surface area contributed by atoms with Crippen molar-refractivity contribution in [3.63, 3.8) is 0 Å². The van der Waals surface area contributed by atoms with Crippen LogP contribution in [0.25, 0.3) is 10.9 Å². The highest BCUT2D eigenvalue weighted by atomic mass is 32.2. The van der Waals surface area contributed by atoms with Gasteiger partial charge in [0.15, 0.2) is 0 Å². The molecule has 0 radical (unpaired) electrons. The van der Waals surface area contributed by atoms with Crippen molar-refractivity contribution >= 4 is 33.1 Å². The van der Waals surface area contributed by atoms with Gasteiger partial charge in [0.05, 0.1) is 5.52 Å². The molecule has 0 amide bonds. The maximum absolute atomic E-state index is 14.5. The summed E-state index contributed by atoms with van der Waals surface area (Å²) in [6, 6.07) is 0.120. The normalized spacial score (nSPS) is 19.7. The van der Waals surface area contributed by atoms with Crippen LogP contribution in [0.15, 0.2) is 27.1 Å². The highest BCUT2D eigenvalue weighted by molar-refractivity contribution is 7.89. The van der Waals surface area contributed by atoms with E-state index in [1.165, 1.54) is 13.4 Å². The number of aliphatic imine (C=N–C) groups is 2. The molecule has 0 spiro atoms. The van der Waals surface area contributed by atoms with E-state index in [0.717, 1.165) is 12.1 Å². The van der Waals surface area contributed by atoms with Crippen LogP contribution in [-0.4, -0.2) is 55.7 Å². The van der Waals surface area contributed by atoms with Crippen molar-refractivity contribution in [2.24, 2.45) is 15.7 Å². The minimum absolute atomic E-state index is 0.0320. The van der Waals surface area contributed by atoms with Gasteiger partial charge >= 0.3 is 6.18 Å². The van der Waals surface area contributed by atoms with E-state index >= 15 is 0 Å². The standard InChI is InChI=1S/C17H19F4N5O2S/c1-9-6-11(18)15-10(14(9)16(22)24-8-23-2)7-13(25-15)29(27,28)26-5-3-4-12(26)17(19,20)21/h6-8,12,25H,3-5H2,1-2H3,(H2,22,23,24). The van der Waals surface area contributed by atoms with Crippen LogP contribution in [0.5, 0.6) is 0 Å². The number of halogens is 4. The fourth-order valence-corrected chi connectivity index (χ4v) is 5.19. The molecule has 2 heterocycles. The summed E-state index contributed by atoms with van der Waals surface area (Å²) < 4.78 is 80.4. The Morgan fingerprint density at radius 2 is 2.07 bits per heavy atom. The predicted octanol–water partition coefficient (Wildman–Crippen LogP) is 2.69. The average Bonchev–Trinajstić information content (AvgIpc) is 3.27. The van der Waals surface area contributed by atoms with Crippen molar-refractivity contribution in [3.8, 4) is 0 Å². The molecule has 1 aromatic carbocycles. The molecule has 2 aromatic rings. The summed E-state index contributed by atoms with van der Waals surface area (Å²) in [5.74, 6) is -0.788. The zero-order valence-corrected chi connectivity index (χ0v) is 16.4. The highest BCUT2D eigenvalue weighted by Crippen LogP contribution is 2.37. The van der Waals surface area contributed by atoms with Gasteiger partial charge in [-0.1, -0.05) is 0 Å². The number of H-pyrrole nitrogens is 1. The zero-order chi connectivity index (χ0) is 21.6. The van der Waals surface area contributed by atoms with Crippen LogP contribution >= 0.6 is 0 Å². The number of alkyl halides is 3. The minimum Gasteiger partial charge on any atom is -0.383 e. The number of nitrogens with two attached hydrogens (primary N) is 1. The number of aromatic amines is 1. The number of aromatic nitrogens is 1. The summed E-state index contributed by atoms with van der Waals surface area (Å²) in [7, 11) is -3.07. The number of hydrogen-bond acceptors (Lipinski definition) is 3.